The number of carbonyl (C=O) groups is 1. The molecule has 0 spiro atoms. The van der Waals surface area contributed by atoms with Gasteiger partial charge in [-0.25, -0.2) is 13.8 Å². The van der Waals surface area contributed by atoms with E-state index >= 15 is 0 Å². The Labute approximate surface area is 158 Å². The van der Waals surface area contributed by atoms with Crippen LogP contribution in [-0.4, -0.2) is 36.3 Å². The van der Waals surface area contributed by atoms with E-state index in [1.54, 1.807) is 31.4 Å². The van der Waals surface area contributed by atoms with Gasteiger partial charge in [-0.1, -0.05) is 12.1 Å². The van der Waals surface area contributed by atoms with Crippen LogP contribution in [0.4, 0.5) is 8.78 Å². The smallest absolute Gasteiger partial charge is 0.287 e. The lowest BCUT2D eigenvalue weighted by Gasteiger charge is -2.10. The molecule has 0 aliphatic carbocycles. The summed E-state index contributed by atoms with van der Waals surface area (Å²) in [4.78, 5) is 31.1. The Kier molecular flexibility index (Phi) is 5.83. The molecule has 0 fully saturated rings. The highest BCUT2D eigenvalue weighted by atomic mass is 19.1. The first-order valence-electron chi connectivity index (χ1n) is 8.36. The van der Waals surface area contributed by atoms with Crippen molar-refractivity contribution >= 4 is 16.8 Å². The number of amides is 1. The first-order chi connectivity index (χ1) is 13.5. The molecule has 0 saturated carbocycles. The minimum atomic E-state index is -0.840. The quantitative estimate of drug-likeness (QED) is 0.647. The summed E-state index contributed by atoms with van der Waals surface area (Å²) in [5, 5.41) is 2.46. The zero-order valence-corrected chi connectivity index (χ0v) is 14.9. The fraction of sp³-hybridized carbons (Fsp3) is 0.211. The summed E-state index contributed by atoms with van der Waals surface area (Å²) in [6.07, 6.45) is 0. The standard InChI is InChI=1S/C19H17F2N3O4/c1-27-12-4-2-11(3-5-12)10-22-19(26)17-23-14-7-6-13(21)16(28-9-8-20)15(14)18(25)24-17/h2-7H,8-10H2,1H3,(H,22,26)(H,23,24,25). The molecular formula is C19H17F2N3O4. The Morgan fingerprint density at radius 2 is 1.96 bits per heavy atom. The van der Waals surface area contributed by atoms with Crippen molar-refractivity contribution in [3.8, 4) is 11.5 Å². The molecule has 1 heterocycles. The zero-order chi connectivity index (χ0) is 20.1. The molecule has 3 rings (SSSR count). The number of methoxy groups -OCH3 is 1. The fourth-order valence-corrected chi connectivity index (χ4v) is 2.58. The number of aromatic amines is 1. The van der Waals surface area contributed by atoms with Crippen molar-refractivity contribution in [1.29, 1.82) is 0 Å². The maximum absolute atomic E-state index is 13.9. The molecule has 1 aromatic heterocycles. The molecule has 146 valence electrons. The van der Waals surface area contributed by atoms with Gasteiger partial charge in [0, 0.05) is 6.54 Å². The Morgan fingerprint density at radius 3 is 2.64 bits per heavy atom. The number of hydrogen-bond donors (Lipinski definition) is 2. The lowest BCUT2D eigenvalue weighted by atomic mass is 10.2. The molecule has 0 aliphatic heterocycles. The van der Waals surface area contributed by atoms with Crippen LogP contribution < -0.4 is 20.3 Å². The Balaban J connectivity index is 1.83. The molecule has 0 aliphatic rings. The Bertz CT molecular complexity index is 1050. The molecule has 0 unspecified atom stereocenters. The Hall–Kier alpha value is -3.49. The number of benzene rings is 2. The largest absolute Gasteiger partial charge is 0.497 e. The fourth-order valence-electron chi connectivity index (χ4n) is 2.58. The van der Waals surface area contributed by atoms with Gasteiger partial charge in [-0.3, -0.25) is 9.59 Å². The normalized spacial score (nSPS) is 10.7. The highest BCUT2D eigenvalue weighted by Crippen LogP contribution is 2.25. The number of halogens is 2. The van der Waals surface area contributed by atoms with E-state index in [9.17, 15) is 18.4 Å². The number of nitrogens with one attached hydrogen (secondary N) is 2. The molecule has 7 nitrogen and oxygen atoms in total. The summed E-state index contributed by atoms with van der Waals surface area (Å²) < 4.78 is 36.3. The molecule has 9 heteroatoms. The predicted molar refractivity (Wildman–Crippen MR) is 98.0 cm³/mol. The van der Waals surface area contributed by atoms with Gasteiger partial charge in [0.25, 0.3) is 11.5 Å². The molecule has 1 amide bonds. The van der Waals surface area contributed by atoms with Gasteiger partial charge in [0.05, 0.1) is 12.6 Å². The van der Waals surface area contributed by atoms with Crippen LogP contribution in [0.1, 0.15) is 16.2 Å². The molecular weight excluding hydrogens is 372 g/mol. The summed E-state index contributed by atoms with van der Waals surface area (Å²) in [5.41, 5.74) is 0.128. The molecule has 0 saturated heterocycles. The van der Waals surface area contributed by atoms with Gasteiger partial charge >= 0.3 is 0 Å². The first-order valence-corrected chi connectivity index (χ1v) is 8.36. The van der Waals surface area contributed by atoms with E-state index < -0.39 is 36.3 Å². The third-order valence-electron chi connectivity index (χ3n) is 3.93. The summed E-state index contributed by atoms with van der Waals surface area (Å²) in [5.74, 6) is -1.35. The van der Waals surface area contributed by atoms with Crippen LogP contribution in [0.5, 0.6) is 11.5 Å². The maximum atomic E-state index is 13.9. The van der Waals surface area contributed by atoms with Gasteiger partial charge in [0.2, 0.25) is 0 Å². The third kappa shape index (κ3) is 4.08. The average Bonchev–Trinajstić information content (AvgIpc) is 2.71. The van der Waals surface area contributed by atoms with Crippen molar-refractivity contribution in [1.82, 2.24) is 15.3 Å². The van der Waals surface area contributed by atoms with Crippen molar-refractivity contribution in [3.05, 3.63) is 64.0 Å². The minimum Gasteiger partial charge on any atom is -0.497 e. The van der Waals surface area contributed by atoms with Gasteiger partial charge in [-0.05, 0) is 29.8 Å². The van der Waals surface area contributed by atoms with Gasteiger partial charge in [-0.15, -0.1) is 0 Å². The summed E-state index contributed by atoms with van der Waals surface area (Å²) >= 11 is 0. The Morgan fingerprint density at radius 1 is 1.21 bits per heavy atom. The molecule has 0 radical (unpaired) electrons. The van der Waals surface area contributed by atoms with Crippen LogP contribution in [0.25, 0.3) is 10.9 Å². The summed E-state index contributed by atoms with van der Waals surface area (Å²) in [6, 6.07) is 9.37. The number of alkyl halides is 1. The lowest BCUT2D eigenvalue weighted by Crippen LogP contribution is -2.27. The van der Waals surface area contributed by atoms with Gasteiger partial charge in [0.1, 0.15) is 24.4 Å². The van der Waals surface area contributed by atoms with Gasteiger partial charge < -0.3 is 19.8 Å². The number of rotatable bonds is 7. The molecule has 0 atom stereocenters. The van der Waals surface area contributed by atoms with Crippen LogP contribution in [-0.2, 0) is 6.54 Å². The summed E-state index contributed by atoms with van der Waals surface area (Å²) in [7, 11) is 1.55. The number of ether oxygens (including phenoxy) is 2. The van der Waals surface area contributed by atoms with E-state index in [0.717, 1.165) is 11.6 Å². The topological polar surface area (TPSA) is 93.3 Å². The van der Waals surface area contributed by atoms with E-state index in [1.807, 2.05) is 0 Å². The highest BCUT2D eigenvalue weighted by Gasteiger charge is 2.17. The SMILES string of the molecule is COc1ccc(CNC(=O)c2nc3ccc(F)c(OCCF)c3c(=O)[nH]2)cc1. The molecule has 2 aromatic carbocycles. The second kappa shape index (κ2) is 8.47. The van der Waals surface area contributed by atoms with Crippen molar-refractivity contribution in [2.75, 3.05) is 20.4 Å². The van der Waals surface area contributed by atoms with Gasteiger partial charge in [0.15, 0.2) is 17.4 Å². The van der Waals surface area contributed by atoms with E-state index in [2.05, 4.69) is 15.3 Å². The number of hydrogen-bond acceptors (Lipinski definition) is 5. The number of nitrogens with zero attached hydrogens (tertiary/aromatic N) is 1. The number of carbonyl (C=O) groups excluding carboxylic acids is 1. The number of H-pyrrole nitrogens is 1. The first kappa shape index (κ1) is 19.3. The number of aromatic nitrogens is 2. The second-order valence-electron chi connectivity index (χ2n) is 5.75. The van der Waals surface area contributed by atoms with Crippen LogP contribution in [0.2, 0.25) is 0 Å². The van der Waals surface area contributed by atoms with Crippen molar-refractivity contribution in [3.63, 3.8) is 0 Å². The molecule has 3 aromatic rings. The van der Waals surface area contributed by atoms with Crippen LogP contribution in [0.15, 0.2) is 41.2 Å². The zero-order valence-electron chi connectivity index (χ0n) is 14.9. The predicted octanol–water partition coefficient (Wildman–Crippen LogP) is 2.35. The number of fused-ring (bicyclic) bond motifs is 1. The van der Waals surface area contributed by atoms with E-state index in [0.29, 0.717) is 5.75 Å². The van der Waals surface area contributed by atoms with Crippen molar-refractivity contribution < 1.29 is 23.0 Å². The van der Waals surface area contributed by atoms with E-state index in [-0.39, 0.29) is 23.3 Å². The maximum Gasteiger partial charge on any atom is 0.287 e. The van der Waals surface area contributed by atoms with Crippen LogP contribution in [0, 0.1) is 5.82 Å². The van der Waals surface area contributed by atoms with E-state index in [4.69, 9.17) is 9.47 Å². The van der Waals surface area contributed by atoms with Crippen molar-refractivity contribution in [2.45, 2.75) is 6.54 Å². The van der Waals surface area contributed by atoms with Gasteiger partial charge in [-0.2, -0.15) is 0 Å². The van der Waals surface area contributed by atoms with Crippen LogP contribution >= 0.6 is 0 Å². The minimum absolute atomic E-state index is 0.0635. The molecule has 2 N–H and O–H groups in total. The third-order valence-corrected chi connectivity index (χ3v) is 3.93. The van der Waals surface area contributed by atoms with E-state index in [1.165, 1.54) is 6.07 Å². The molecule has 28 heavy (non-hydrogen) atoms. The lowest BCUT2D eigenvalue weighted by molar-refractivity contribution is 0.0940. The van der Waals surface area contributed by atoms with Crippen LogP contribution in [0.3, 0.4) is 0 Å². The highest BCUT2D eigenvalue weighted by molar-refractivity contribution is 5.93. The summed E-state index contributed by atoms with van der Waals surface area (Å²) in [6.45, 7) is -1.04. The molecule has 0 bridgehead atoms. The average molecular weight is 389 g/mol. The van der Waals surface area contributed by atoms with Crippen molar-refractivity contribution in [2.24, 2.45) is 0 Å². The monoisotopic (exact) mass is 389 g/mol. The second-order valence-corrected chi connectivity index (χ2v) is 5.75.